The first-order valence-corrected chi connectivity index (χ1v) is 7.30. The number of hydrogen-bond acceptors (Lipinski definition) is 1. The molecule has 0 aromatic heterocycles. The zero-order chi connectivity index (χ0) is 12.8. The molecule has 17 heavy (non-hydrogen) atoms. The van der Waals surface area contributed by atoms with Gasteiger partial charge in [-0.1, -0.05) is 46.5 Å². The molecule has 1 N–H and O–H groups in total. The van der Waals surface area contributed by atoms with Crippen molar-refractivity contribution in [3.05, 3.63) is 0 Å². The van der Waals surface area contributed by atoms with Crippen LogP contribution in [0.5, 0.6) is 0 Å². The van der Waals surface area contributed by atoms with Gasteiger partial charge in [0.1, 0.15) is 0 Å². The molecular weight excluding hydrogens is 206 g/mol. The minimum absolute atomic E-state index is 0.275. The van der Waals surface area contributed by atoms with Gasteiger partial charge in [-0.3, -0.25) is 0 Å². The molecule has 0 radical (unpaired) electrons. The van der Waals surface area contributed by atoms with E-state index in [1.54, 1.807) is 0 Å². The smallest absolute Gasteiger partial charge is 0.0689 e. The SMILES string of the molecule is C#CC(CCC)NC1CC(C)CCC1C(C)C. The van der Waals surface area contributed by atoms with Crippen LogP contribution < -0.4 is 5.32 Å². The molecule has 0 bridgehead atoms. The van der Waals surface area contributed by atoms with E-state index >= 15 is 0 Å². The van der Waals surface area contributed by atoms with Gasteiger partial charge in [-0.15, -0.1) is 6.42 Å². The second-order valence-electron chi connectivity index (χ2n) is 6.11. The van der Waals surface area contributed by atoms with E-state index in [0.717, 1.165) is 30.6 Å². The van der Waals surface area contributed by atoms with Crippen molar-refractivity contribution in [1.29, 1.82) is 0 Å². The highest BCUT2D eigenvalue weighted by molar-refractivity contribution is 5.01. The van der Waals surface area contributed by atoms with Crippen LogP contribution in [-0.4, -0.2) is 12.1 Å². The molecule has 0 amide bonds. The Morgan fingerprint density at radius 1 is 1.35 bits per heavy atom. The number of nitrogens with one attached hydrogen (secondary N) is 1. The Balaban J connectivity index is 2.59. The first kappa shape index (κ1) is 14.6. The maximum atomic E-state index is 5.62. The average molecular weight is 235 g/mol. The molecule has 0 aliphatic heterocycles. The first-order valence-electron chi connectivity index (χ1n) is 7.30. The quantitative estimate of drug-likeness (QED) is 0.714. The second kappa shape index (κ2) is 7.07. The van der Waals surface area contributed by atoms with Gasteiger partial charge in [0.15, 0.2) is 0 Å². The molecule has 0 saturated heterocycles. The Labute approximate surface area is 108 Å². The van der Waals surface area contributed by atoms with E-state index in [0.29, 0.717) is 6.04 Å². The molecule has 1 aliphatic rings. The van der Waals surface area contributed by atoms with Crippen LogP contribution in [0, 0.1) is 30.1 Å². The summed E-state index contributed by atoms with van der Waals surface area (Å²) in [5, 5.41) is 3.73. The number of hydrogen-bond donors (Lipinski definition) is 1. The van der Waals surface area contributed by atoms with Crippen molar-refractivity contribution < 1.29 is 0 Å². The molecule has 1 rings (SSSR count). The lowest BCUT2D eigenvalue weighted by atomic mass is 9.73. The molecule has 4 unspecified atom stereocenters. The molecule has 0 aromatic rings. The van der Waals surface area contributed by atoms with Crippen LogP contribution in [0.4, 0.5) is 0 Å². The van der Waals surface area contributed by atoms with Crippen molar-refractivity contribution in [2.45, 2.75) is 71.9 Å². The van der Waals surface area contributed by atoms with Crippen LogP contribution in [0.15, 0.2) is 0 Å². The van der Waals surface area contributed by atoms with Gasteiger partial charge in [0.2, 0.25) is 0 Å². The van der Waals surface area contributed by atoms with E-state index in [4.69, 9.17) is 6.42 Å². The van der Waals surface area contributed by atoms with E-state index in [9.17, 15) is 0 Å². The molecule has 1 saturated carbocycles. The summed E-state index contributed by atoms with van der Waals surface area (Å²) >= 11 is 0. The van der Waals surface area contributed by atoms with Gasteiger partial charge in [0, 0.05) is 6.04 Å². The third kappa shape index (κ3) is 4.36. The van der Waals surface area contributed by atoms with Gasteiger partial charge in [-0.2, -0.15) is 0 Å². The second-order valence-corrected chi connectivity index (χ2v) is 6.11. The Morgan fingerprint density at radius 3 is 2.59 bits per heavy atom. The van der Waals surface area contributed by atoms with E-state index in [1.165, 1.54) is 19.3 Å². The highest BCUT2D eigenvalue weighted by Gasteiger charge is 2.31. The van der Waals surface area contributed by atoms with Gasteiger partial charge >= 0.3 is 0 Å². The third-order valence-electron chi connectivity index (χ3n) is 4.22. The fourth-order valence-corrected chi connectivity index (χ4v) is 3.16. The summed E-state index contributed by atoms with van der Waals surface area (Å²) in [5.41, 5.74) is 0. The van der Waals surface area contributed by atoms with Crippen molar-refractivity contribution in [1.82, 2.24) is 5.32 Å². The van der Waals surface area contributed by atoms with Crippen molar-refractivity contribution >= 4 is 0 Å². The van der Waals surface area contributed by atoms with Crippen LogP contribution in [-0.2, 0) is 0 Å². The summed E-state index contributed by atoms with van der Waals surface area (Å²) in [6.45, 7) is 9.27. The summed E-state index contributed by atoms with van der Waals surface area (Å²) in [4.78, 5) is 0. The Morgan fingerprint density at radius 2 is 2.06 bits per heavy atom. The molecule has 1 nitrogen and oxygen atoms in total. The van der Waals surface area contributed by atoms with Crippen LogP contribution in [0.3, 0.4) is 0 Å². The zero-order valence-corrected chi connectivity index (χ0v) is 12.0. The molecular formula is C16H29N. The lowest BCUT2D eigenvalue weighted by Gasteiger charge is -2.39. The molecule has 1 aliphatic carbocycles. The summed E-state index contributed by atoms with van der Waals surface area (Å²) in [6, 6.07) is 0.905. The number of terminal acetylenes is 1. The largest absolute Gasteiger partial charge is 0.301 e. The van der Waals surface area contributed by atoms with Crippen LogP contribution in [0.25, 0.3) is 0 Å². The van der Waals surface area contributed by atoms with Gasteiger partial charge in [-0.25, -0.2) is 0 Å². The van der Waals surface area contributed by atoms with Crippen molar-refractivity contribution in [3.63, 3.8) is 0 Å². The summed E-state index contributed by atoms with van der Waals surface area (Å²) in [5.74, 6) is 5.33. The van der Waals surface area contributed by atoms with Crippen molar-refractivity contribution in [2.24, 2.45) is 17.8 Å². The van der Waals surface area contributed by atoms with Gasteiger partial charge in [0.05, 0.1) is 6.04 Å². The Bertz CT molecular complexity index is 251. The normalized spacial score (nSPS) is 31.2. The Kier molecular flexibility index (Phi) is 6.06. The fourth-order valence-electron chi connectivity index (χ4n) is 3.16. The van der Waals surface area contributed by atoms with E-state index in [1.807, 2.05) is 0 Å². The molecule has 0 aromatic carbocycles. The van der Waals surface area contributed by atoms with Crippen LogP contribution in [0.2, 0.25) is 0 Å². The topological polar surface area (TPSA) is 12.0 Å². The molecule has 4 atom stereocenters. The maximum Gasteiger partial charge on any atom is 0.0689 e. The fraction of sp³-hybridized carbons (Fsp3) is 0.875. The predicted octanol–water partition coefficient (Wildman–Crippen LogP) is 3.84. The van der Waals surface area contributed by atoms with Gasteiger partial charge in [-0.05, 0) is 37.0 Å². The van der Waals surface area contributed by atoms with Crippen molar-refractivity contribution in [2.75, 3.05) is 0 Å². The molecule has 1 fully saturated rings. The Hall–Kier alpha value is -0.480. The van der Waals surface area contributed by atoms with E-state index in [-0.39, 0.29) is 6.04 Å². The first-order chi connectivity index (χ1) is 8.08. The number of rotatable bonds is 5. The van der Waals surface area contributed by atoms with E-state index < -0.39 is 0 Å². The summed E-state index contributed by atoms with van der Waals surface area (Å²) < 4.78 is 0. The lowest BCUT2D eigenvalue weighted by Crippen LogP contribution is -2.47. The van der Waals surface area contributed by atoms with E-state index in [2.05, 4.69) is 38.9 Å². The standard InChI is InChI=1S/C16H29N/c1-6-8-14(7-2)17-16-11-13(5)9-10-15(16)12(3)4/h2,12-17H,6,8-11H2,1,3-5H3. The molecule has 1 heteroatoms. The zero-order valence-electron chi connectivity index (χ0n) is 12.0. The minimum Gasteiger partial charge on any atom is -0.301 e. The van der Waals surface area contributed by atoms with Crippen molar-refractivity contribution in [3.8, 4) is 12.3 Å². The maximum absolute atomic E-state index is 5.62. The highest BCUT2D eigenvalue weighted by atomic mass is 15.0. The summed E-state index contributed by atoms with van der Waals surface area (Å²) in [7, 11) is 0. The third-order valence-corrected chi connectivity index (χ3v) is 4.22. The minimum atomic E-state index is 0.275. The van der Waals surface area contributed by atoms with Crippen LogP contribution >= 0.6 is 0 Å². The molecule has 0 spiro atoms. The molecule has 98 valence electrons. The average Bonchev–Trinajstić information content (AvgIpc) is 2.28. The van der Waals surface area contributed by atoms with Crippen LogP contribution in [0.1, 0.15) is 59.8 Å². The molecule has 0 heterocycles. The monoisotopic (exact) mass is 235 g/mol. The van der Waals surface area contributed by atoms with Gasteiger partial charge in [0.25, 0.3) is 0 Å². The summed E-state index contributed by atoms with van der Waals surface area (Å²) in [6.07, 6.45) is 11.9. The highest BCUT2D eigenvalue weighted by Crippen LogP contribution is 2.33. The lowest BCUT2D eigenvalue weighted by molar-refractivity contribution is 0.164. The van der Waals surface area contributed by atoms with Gasteiger partial charge < -0.3 is 5.32 Å². The predicted molar refractivity (Wildman–Crippen MR) is 75.8 cm³/mol.